The molecular formula is C20H24N4O2. The number of nitrogens with one attached hydrogen (secondary N) is 2. The lowest BCUT2D eigenvalue weighted by Gasteiger charge is -2.28. The molecule has 2 aromatic rings. The summed E-state index contributed by atoms with van der Waals surface area (Å²) in [6.45, 7) is 2.24. The number of piperidine rings is 1. The summed E-state index contributed by atoms with van der Waals surface area (Å²) < 4.78 is 0. The van der Waals surface area contributed by atoms with E-state index in [1.807, 2.05) is 24.3 Å². The summed E-state index contributed by atoms with van der Waals surface area (Å²) in [6.07, 6.45) is 3.77. The summed E-state index contributed by atoms with van der Waals surface area (Å²) in [5.41, 5.74) is 8.20. The van der Waals surface area contributed by atoms with Gasteiger partial charge in [-0.2, -0.15) is 0 Å². The quantitative estimate of drug-likeness (QED) is 0.746. The zero-order valence-corrected chi connectivity index (χ0v) is 14.7. The number of benzene rings is 2. The van der Waals surface area contributed by atoms with Gasteiger partial charge in [0.15, 0.2) is 0 Å². The van der Waals surface area contributed by atoms with Crippen molar-refractivity contribution in [2.45, 2.75) is 19.3 Å². The van der Waals surface area contributed by atoms with Crippen LogP contribution in [0, 0.1) is 0 Å². The summed E-state index contributed by atoms with van der Waals surface area (Å²) in [5.74, 6) is -0.711. The number of carbonyl (C=O) groups is 2. The van der Waals surface area contributed by atoms with Gasteiger partial charge in [-0.1, -0.05) is 12.1 Å². The van der Waals surface area contributed by atoms with Crippen LogP contribution in [0.2, 0.25) is 0 Å². The maximum Gasteiger partial charge on any atom is 0.250 e. The van der Waals surface area contributed by atoms with E-state index < -0.39 is 5.91 Å². The monoisotopic (exact) mass is 352 g/mol. The first kappa shape index (κ1) is 17.8. The highest BCUT2D eigenvalue weighted by Crippen LogP contribution is 2.21. The van der Waals surface area contributed by atoms with Gasteiger partial charge in [-0.05, 0) is 55.7 Å². The molecule has 0 radical (unpaired) electrons. The number of nitrogens with two attached hydrogens (primary N) is 1. The van der Waals surface area contributed by atoms with Crippen LogP contribution in [-0.4, -0.2) is 31.4 Å². The number of carbonyl (C=O) groups excluding carboxylic acids is 2. The minimum Gasteiger partial charge on any atom is -0.376 e. The summed E-state index contributed by atoms with van der Waals surface area (Å²) in [6, 6.07) is 14.8. The maximum absolute atomic E-state index is 12.2. The molecule has 2 amide bonds. The van der Waals surface area contributed by atoms with Crippen LogP contribution in [0.5, 0.6) is 0 Å². The standard InChI is InChI=1S/C20H24N4O2/c21-20(26)17-6-2-3-7-18(17)22-14-19(25)23-15-8-10-16(11-9-15)24-12-4-1-5-13-24/h2-3,6-11,22H,1,4-5,12-14H2,(H2,21,26)(H,23,25). The van der Waals surface area contributed by atoms with Gasteiger partial charge in [0, 0.05) is 30.2 Å². The van der Waals surface area contributed by atoms with Crippen molar-refractivity contribution in [3.8, 4) is 0 Å². The van der Waals surface area contributed by atoms with Gasteiger partial charge in [-0.25, -0.2) is 0 Å². The molecule has 6 heteroatoms. The topological polar surface area (TPSA) is 87.5 Å². The SMILES string of the molecule is NC(=O)c1ccccc1NCC(=O)Nc1ccc(N2CCCCC2)cc1. The Kier molecular flexibility index (Phi) is 5.73. The number of para-hydroxylation sites is 1. The van der Waals surface area contributed by atoms with E-state index in [1.165, 1.54) is 24.9 Å². The number of primary amides is 1. The van der Waals surface area contributed by atoms with Crippen molar-refractivity contribution in [2.75, 3.05) is 35.2 Å². The fourth-order valence-corrected chi connectivity index (χ4v) is 3.14. The molecule has 0 atom stereocenters. The van der Waals surface area contributed by atoms with E-state index in [0.717, 1.165) is 18.8 Å². The van der Waals surface area contributed by atoms with Crippen molar-refractivity contribution in [2.24, 2.45) is 5.73 Å². The lowest BCUT2D eigenvalue weighted by molar-refractivity contribution is -0.114. The van der Waals surface area contributed by atoms with Gasteiger partial charge in [0.1, 0.15) is 0 Å². The molecule has 4 N–H and O–H groups in total. The molecule has 0 saturated carbocycles. The highest BCUT2D eigenvalue weighted by molar-refractivity contribution is 6.00. The lowest BCUT2D eigenvalue weighted by Crippen LogP contribution is -2.29. The van der Waals surface area contributed by atoms with Crippen LogP contribution >= 0.6 is 0 Å². The Balaban J connectivity index is 1.54. The first-order valence-electron chi connectivity index (χ1n) is 8.91. The van der Waals surface area contributed by atoms with Crippen molar-refractivity contribution in [3.63, 3.8) is 0 Å². The number of anilines is 3. The van der Waals surface area contributed by atoms with Crippen LogP contribution in [0.4, 0.5) is 17.1 Å². The molecule has 26 heavy (non-hydrogen) atoms. The third-order valence-corrected chi connectivity index (χ3v) is 4.50. The van der Waals surface area contributed by atoms with Crippen molar-refractivity contribution >= 4 is 28.9 Å². The number of rotatable bonds is 6. The average molecular weight is 352 g/mol. The summed E-state index contributed by atoms with van der Waals surface area (Å²) in [5, 5.41) is 5.81. The summed E-state index contributed by atoms with van der Waals surface area (Å²) in [4.78, 5) is 25.9. The van der Waals surface area contributed by atoms with E-state index in [1.54, 1.807) is 24.3 Å². The molecule has 3 rings (SSSR count). The molecule has 0 spiro atoms. The van der Waals surface area contributed by atoms with E-state index >= 15 is 0 Å². The highest BCUT2D eigenvalue weighted by atomic mass is 16.2. The Morgan fingerprint density at radius 2 is 1.65 bits per heavy atom. The van der Waals surface area contributed by atoms with Gasteiger partial charge in [-0.15, -0.1) is 0 Å². The molecule has 136 valence electrons. The summed E-state index contributed by atoms with van der Waals surface area (Å²) in [7, 11) is 0. The highest BCUT2D eigenvalue weighted by Gasteiger charge is 2.11. The molecular weight excluding hydrogens is 328 g/mol. The van der Waals surface area contributed by atoms with Crippen LogP contribution < -0.4 is 21.3 Å². The van der Waals surface area contributed by atoms with Crippen LogP contribution in [0.15, 0.2) is 48.5 Å². The van der Waals surface area contributed by atoms with Gasteiger partial charge in [0.2, 0.25) is 5.91 Å². The second-order valence-electron chi connectivity index (χ2n) is 6.41. The molecule has 1 aliphatic heterocycles. The van der Waals surface area contributed by atoms with E-state index in [0.29, 0.717) is 11.3 Å². The second-order valence-corrected chi connectivity index (χ2v) is 6.41. The molecule has 1 saturated heterocycles. The molecule has 6 nitrogen and oxygen atoms in total. The smallest absolute Gasteiger partial charge is 0.250 e. The van der Waals surface area contributed by atoms with Crippen LogP contribution in [-0.2, 0) is 4.79 Å². The average Bonchev–Trinajstić information content (AvgIpc) is 2.68. The Morgan fingerprint density at radius 1 is 0.962 bits per heavy atom. The zero-order chi connectivity index (χ0) is 18.4. The largest absolute Gasteiger partial charge is 0.376 e. The van der Waals surface area contributed by atoms with Crippen LogP contribution in [0.25, 0.3) is 0 Å². The second kappa shape index (κ2) is 8.38. The normalized spacial score (nSPS) is 13.9. The number of nitrogens with zero attached hydrogens (tertiary/aromatic N) is 1. The minimum absolute atomic E-state index is 0.0537. The number of hydrogen-bond donors (Lipinski definition) is 3. The van der Waals surface area contributed by atoms with Crippen molar-refractivity contribution < 1.29 is 9.59 Å². The van der Waals surface area contributed by atoms with E-state index in [2.05, 4.69) is 15.5 Å². The van der Waals surface area contributed by atoms with E-state index in [-0.39, 0.29) is 12.5 Å². The van der Waals surface area contributed by atoms with Gasteiger partial charge < -0.3 is 21.3 Å². The predicted molar refractivity (Wildman–Crippen MR) is 105 cm³/mol. The van der Waals surface area contributed by atoms with Gasteiger partial charge >= 0.3 is 0 Å². The summed E-state index contributed by atoms with van der Waals surface area (Å²) >= 11 is 0. The van der Waals surface area contributed by atoms with Crippen LogP contribution in [0.3, 0.4) is 0 Å². The zero-order valence-electron chi connectivity index (χ0n) is 14.7. The molecule has 1 heterocycles. The Bertz CT molecular complexity index is 768. The fraction of sp³-hybridized carbons (Fsp3) is 0.300. The minimum atomic E-state index is -0.526. The van der Waals surface area contributed by atoms with Gasteiger partial charge in [-0.3, -0.25) is 9.59 Å². The van der Waals surface area contributed by atoms with Crippen molar-refractivity contribution in [1.82, 2.24) is 0 Å². The molecule has 0 aromatic heterocycles. The van der Waals surface area contributed by atoms with Gasteiger partial charge in [0.25, 0.3) is 5.91 Å². The predicted octanol–water partition coefficient (Wildman–Crippen LogP) is 2.83. The molecule has 1 fully saturated rings. The third-order valence-electron chi connectivity index (χ3n) is 4.50. The Labute approximate surface area is 153 Å². The molecule has 0 aliphatic carbocycles. The molecule has 0 bridgehead atoms. The maximum atomic E-state index is 12.2. The Hall–Kier alpha value is -3.02. The first-order chi connectivity index (χ1) is 12.6. The molecule has 1 aliphatic rings. The van der Waals surface area contributed by atoms with Crippen LogP contribution in [0.1, 0.15) is 29.6 Å². The fourth-order valence-electron chi connectivity index (χ4n) is 3.14. The third kappa shape index (κ3) is 4.53. The van der Waals surface area contributed by atoms with Crippen molar-refractivity contribution in [3.05, 3.63) is 54.1 Å². The lowest BCUT2D eigenvalue weighted by atomic mass is 10.1. The van der Waals surface area contributed by atoms with E-state index in [9.17, 15) is 9.59 Å². The van der Waals surface area contributed by atoms with Crippen molar-refractivity contribution in [1.29, 1.82) is 0 Å². The molecule has 0 unspecified atom stereocenters. The number of amides is 2. The molecule has 2 aromatic carbocycles. The van der Waals surface area contributed by atoms with Gasteiger partial charge in [0.05, 0.1) is 12.1 Å². The van der Waals surface area contributed by atoms with E-state index in [4.69, 9.17) is 5.73 Å². The first-order valence-corrected chi connectivity index (χ1v) is 8.91. The Morgan fingerprint density at radius 3 is 2.35 bits per heavy atom. The number of hydrogen-bond acceptors (Lipinski definition) is 4.